The minimum Gasteiger partial charge on any atom is -0.481 e. The molecule has 0 aliphatic carbocycles. The molecule has 43 heteroatoms. The molecular formula is C65H107N14O25P3Si. The molecule has 606 valence electrons. The highest BCUT2D eigenvalue weighted by Crippen LogP contribution is 2.44. The molecule has 1 aliphatic rings. The van der Waals surface area contributed by atoms with E-state index in [-0.39, 0.29) is 127 Å². The van der Waals surface area contributed by atoms with Crippen molar-refractivity contribution in [3.63, 3.8) is 0 Å². The number of carboxylic acids is 7. The second kappa shape index (κ2) is 46.2. The molecule has 108 heavy (non-hydrogen) atoms. The Labute approximate surface area is 628 Å². The van der Waals surface area contributed by atoms with Gasteiger partial charge < -0.3 is 88.1 Å². The number of aromatic nitrogens is 3. The summed E-state index contributed by atoms with van der Waals surface area (Å²) in [6.45, 7) is 14.2. The van der Waals surface area contributed by atoms with Crippen LogP contribution in [0.4, 0.5) is 4.79 Å². The Morgan fingerprint density at radius 3 is 1.46 bits per heavy atom. The van der Waals surface area contributed by atoms with E-state index < -0.39 is 194 Å². The van der Waals surface area contributed by atoms with Crippen LogP contribution in [0.25, 0.3) is 0 Å². The Morgan fingerprint density at radius 1 is 0.509 bits per heavy atom. The van der Waals surface area contributed by atoms with Gasteiger partial charge in [-0.2, -0.15) is 0 Å². The average Bonchev–Trinajstić information content (AvgIpc) is 0.946. The van der Waals surface area contributed by atoms with Crippen LogP contribution >= 0.6 is 23.3 Å². The van der Waals surface area contributed by atoms with Crippen molar-refractivity contribution in [2.45, 2.75) is 178 Å². The van der Waals surface area contributed by atoms with Gasteiger partial charge in [0.15, 0.2) is 0 Å². The van der Waals surface area contributed by atoms with Crippen molar-refractivity contribution in [2.24, 2.45) is 0 Å². The van der Waals surface area contributed by atoms with Gasteiger partial charge in [-0.3, -0.25) is 67.0 Å². The van der Waals surface area contributed by atoms with Gasteiger partial charge in [0.1, 0.15) is 35.9 Å². The van der Waals surface area contributed by atoms with E-state index in [4.69, 9.17) is 15.3 Å². The van der Waals surface area contributed by atoms with Crippen LogP contribution in [0.5, 0.6) is 0 Å². The summed E-state index contributed by atoms with van der Waals surface area (Å²) < 4.78 is 27.9. The van der Waals surface area contributed by atoms with Crippen LogP contribution in [0.15, 0.2) is 30.5 Å². The van der Waals surface area contributed by atoms with Gasteiger partial charge in [-0.05, 0) is 73.3 Å². The van der Waals surface area contributed by atoms with Gasteiger partial charge in [-0.15, -0.1) is 13.7 Å². The van der Waals surface area contributed by atoms with Crippen LogP contribution in [-0.4, -0.2) is 288 Å². The minimum atomic E-state index is -4.07. The second-order valence-corrected chi connectivity index (χ2v) is 39.7. The highest BCUT2D eigenvalue weighted by Gasteiger charge is 2.38. The largest absolute Gasteiger partial charge is 0.481 e. The lowest BCUT2D eigenvalue weighted by Crippen LogP contribution is -2.51. The van der Waals surface area contributed by atoms with E-state index in [0.717, 1.165) is 9.87 Å². The first kappa shape index (κ1) is 93.9. The molecule has 1 aromatic heterocycles. The topological polar surface area (TPSA) is 592 Å². The number of nitrogens with one attached hydrogen (secondary N) is 8. The highest BCUT2D eigenvalue weighted by atomic mass is 31.2. The fraction of sp³-hybridized carbons (Fsp3) is 0.662. The maximum Gasteiger partial charge on any atom is 0.326 e. The fourth-order valence-corrected chi connectivity index (χ4v) is 21.6. The van der Waals surface area contributed by atoms with Crippen molar-refractivity contribution in [3.8, 4) is 0 Å². The lowest BCUT2D eigenvalue weighted by Gasteiger charge is -2.39. The third-order valence-electron chi connectivity index (χ3n) is 17.2. The van der Waals surface area contributed by atoms with E-state index in [1.165, 1.54) is 6.20 Å². The normalized spacial score (nSPS) is 15.9. The Morgan fingerprint density at radius 2 is 0.963 bits per heavy atom. The fourth-order valence-electron chi connectivity index (χ4n) is 12.0. The zero-order chi connectivity index (χ0) is 81.1. The average molecular weight is 1610 g/mol. The Balaban J connectivity index is 1.61. The number of unbranched alkanes of at least 4 members (excludes halogenated alkanes) is 1. The van der Waals surface area contributed by atoms with E-state index in [0.29, 0.717) is 38.6 Å². The van der Waals surface area contributed by atoms with Gasteiger partial charge in [0, 0.05) is 122 Å². The molecule has 1 saturated heterocycles. The molecule has 2 heterocycles. The third kappa shape index (κ3) is 38.1. The number of benzene rings is 1. The predicted molar refractivity (Wildman–Crippen MR) is 395 cm³/mol. The molecular weight excluding hydrogens is 1500 g/mol. The Hall–Kier alpha value is -8.35. The number of hydrogen-bond acceptors (Lipinski definition) is 21. The molecule has 1 fully saturated rings. The molecule has 8 atom stereocenters. The lowest BCUT2D eigenvalue weighted by molar-refractivity contribution is -0.143. The van der Waals surface area contributed by atoms with Crippen molar-refractivity contribution < 1.29 is 122 Å². The summed E-state index contributed by atoms with van der Waals surface area (Å²) >= 11 is 0. The number of nitrogens with zero attached hydrogens (tertiary/aromatic N) is 6. The maximum absolute atomic E-state index is 14.2. The number of carbonyl (C=O) groups excluding carboxylic acids is 7. The van der Waals surface area contributed by atoms with Crippen molar-refractivity contribution >= 4 is 121 Å². The summed E-state index contributed by atoms with van der Waals surface area (Å²) in [6, 6.07) is -1.86. The summed E-state index contributed by atoms with van der Waals surface area (Å²) in [4.78, 5) is 200. The first-order chi connectivity index (χ1) is 50.4. The van der Waals surface area contributed by atoms with Crippen molar-refractivity contribution in [2.75, 3.05) is 96.2 Å². The van der Waals surface area contributed by atoms with Gasteiger partial charge in [0.25, 0.3) is 5.91 Å². The summed E-state index contributed by atoms with van der Waals surface area (Å²) in [5, 5.41) is 94.2. The standard InChI is InChI=1S/C65H107N14O25P3Si/c1-64(2,3)108(65(4,5)6)44-14-12-42(13-15-44)57(90)69-37-49(79-38-43(74-75-79)36-68-52(82)23-34-106(101,102)40-77-29-27-76(39-105-33-22-55(86)87)28-30-78(32-31-77)41-107(103,104)35-24-56(88)89)58(91)71-46(60(94)95)10-7-8-25-66-50(80)19-20-51(81)67-26-9-11-45(59(92)93)70-53(83)18-16-47(61(96)97)72-63(100)73-48(62(98)99)17-21-54(84)85/h12-15,38,45-49,105,108H,7-11,16-37,39-41H2,1-6H3,(H,66,80)(H,67,81)(H,68,82)(H,69,90)(H,70,83)(H,71,91)(H,84,85)(H,86,87)(H,88,89)(H,92,93)(H,94,95)(H,96,97)(H,98,99)(H,101,102)(H,103,104)(H2,72,73,100)/t45-,46+,47-,48-,49+/m0/s1. The lowest BCUT2D eigenvalue weighted by atomic mass is 10.1. The summed E-state index contributed by atoms with van der Waals surface area (Å²) in [7, 11) is -9.38. The zero-order valence-corrected chi connectivity index (χ0v) is 65.6. The van der Waals surface area contributed by atoms with E-state index in [1.54, 1.807) is 21.9 Å². The number of carboxylic acid groups (broad SMARTS) is 7. The number of rotatable bonds is 49. The number of urea groups is 1. The molecule has 39 nitrogen and oxygen atoms in total. The molecule has 0 spiro atoms. The van der Waals surface area contributed by atoms with E-state index in [2.05, 4.69) is 83.8 Å². The zero-order valence-electron chi connectivity index (χ0n) is 61.7. The Bertz CT molecular complexity index is 3490. The summed E-state index contributed by atoms with van der Waals surface area (Å²) in [6.07, 6.45) is -3.03. The molecule has 2 aromatic rings. The van der Waals surface area contributed by atoms with Crippen LogP contribution < -0.4 is 47.7 Å². The summed E-state index contributed by atoms with van der Waals surface area (Å²) in [5.74, 6) is -13.7. The number of amides is 8. The second-order valence-electron chi connectivity index (χ2n) is 28.5. The molecule has 3 unspecified atom stereocenters. The van der Waals surface area contributed by atoms with Crippen molar-refractivity contribution in [3.05, 3.63) is 41.7 Å². The first-order valence-corrected chi connectivity index (χ1v) is 42.5. The van der Waals surface area contributed by atoms with Gasteiger partial charge in [0.2, 0.25) is 44.3 Å². The van der Waals surface area contributed by atoms with Gasteiger partial charge in [-0.1, -0.05) is 64.1 Å². The molecule has 1 aromatic carbocycles. The van der Waals surface area contributed by atoms with E-state index in [1.807, 2.05) is 27.7 Å². The minimum absolute atomic E-state index is 0.00318. The van der Waals surface area contributed by atoms with Crippen molar-refractivity contribution in [1.82, 2.24) is 72.2 Å². The predicted octanol–water partition coefficient (Wildman–Crippen LogP) is 0.203. The number of carbonyl (C=O) groups is 14. The van der Waals surface area contributed by atoms with Gasteiger partial charge in [-0.25, -0.2) is 28.7 Å². The van der Waals surface area contributed by atoms with Crippen LogP contribution in [0.3, 0.4) is 0 Å². The monoisotopic (exact) mass is 1600 g/mol. The first-order valence-electron chi connectivity index (χ1n) is 35.3. The SMILES string of the molecule is CC(C)(C)[SiH](c1ccc(C(=O)NC[C@H](C(=O)N[C@H](CCCCNC(=O)CCC(=O)NCCC[C@H](NC(=O)CC[C@H](NC(=O)N[C@@H](CCC(=O)O)C(=O)O)C(=O)O)C(=O)O)C(=O)O)n2cc(CNC(=O)CCP(=O)(O)CN3CCN(CPCCC(=O)O)CCN(CP(=O)(O)CCC(=O)O)CC3)nn2)cc1)C(C)(C)C. The van der Waals surface area contributed by atoms with Crippen LogP contribution in [-0.2, 0) is 73.2 Å². The van der Waals surface area contributed by atoms with Crippen LogP contribution in [0.1, 0.15) is 154 Å². The molecule has 8 amide bonds. The highest BCUT2D eigenvalue weighted by molar-refractivity contribution is 7.58. The molecule has 1 aliphatic heterocycles. The van der Waals surface area contributed by atoms with Gasteiger partial charge >= 0.3 is 47.8 Å². The van der Waals surface area contributed by atoms with Crippen LogP contribution in [0, 0.1) is 0 Å². The molecule has 17 N–H and O–H groups in total. The number of aliphatic carboxylic acids is 7. The van der Waals surface area contributed by atoms with E-state index >= 15 is 0 Å². The third-order valence-corrected chi connectivity index (χ3v) is 26.5. The summed E-state index contributed by atoms with van der Waals surface area (Å²) in [5.41, 5.74) is 0.379. The van der Waals surface area contributed by atoms with Crippen molar-refractivity contribution in [1.29, 1.82) is 0 Å². The molecule has 0 radical (unpaired) electrons. The molecule has 0 bridgehead atoms. The smallest absolute Gasteiger partial charge is 0.326 e. The Kier molecular flexibility index (Phi) is 40.2. The number of hydrogen-bond donors (Lipinski definition) is 17. The quantitative estimate of drug-likeness (QED) is 0.0239. The maximum atomic E-state index is 14.2. The van der Waals surface area contributed by atoms with E-state index in [9.17, 15) is 106 Å². The molecule has 0 saturated carbocycles. The van der Waals surface area contributed by atoms with Crippen LogP contribution in [0.2, 0.25) is 10.1 Å². The van der Waals surface area contributed by atoms with Gasteiger partial charge in [0.05, 0.1) is 40.5 Å². The molecule has 3 rings (SSSR count).